The maximum atomic E-state index is 11.9. The van der Waals surface area contributed by atoms with Gasteiger partial charge in [-0.2, -0.15) is 0 Å². The number of halogens is 2. The molecule has 3 N–H and O–H groups in total. The molecular weight excluding hydrogens is 327 g/mol. The lowest BCUT2D eigenvalue weighted by atomic mass is 10.1. The number of nitrogens with one attached hydrogen (secondary N) is 3. The molecule has 0 bridgehead atoms. The Kier molecular flexibility index (Phi) is 7.06. The number of amides is 2. The van der Waals surface area contributed by atoms with Crippen LogP contribution < -0.4 is 16.0 Å². The van der Waals surface area contributed by atoms with Gasteiger partial charge in [0.05, 0.1) is 17.8 Å². The van der Waals surface area contributed by atoms with E-state index in [1.165, 1.54) is 0 Å². The second-order valence-corrected chi connectivity index (χ2v) is 5.37. The van der Waals surface area contributed by atoms with Crippen molar-refractivity contribution in [2.24, 2.45) is 11.8 Å². The molecule has 1 aromatic rings. The zero-order valence-corrected chi connectivity index (χ0v) is 13.6. The first kappa shape index (κ1) is 18.7. The topological polar surface area (TPSA) is 83.1 Å². The molecule has 1 atom stereocenters. The van der Waals surface area contributed by atoms with Gasteiger partial charge in [0.2, 0.25) is 11.8 Å². The van der Waals surface area contributed by atoms with Gasteiger partial charge in [-0.05, 0) is 37.9 Å². The Morgan fingerprint density at radius 3 is 2.32 bits per heavy atom. The van der Waals surface area contributed by atoms with Crippen molar-refractivity contribution in [3.05, 3.63) is 18.3 Å². The standard InChI is InChI=1S/C14H18N4O2.2ClH/c19-13(9-1-2-9)18-12-4-3-11(8-16-12)17-14(20)10-5-6-15-7-10;;/h3-4,8-10,15H,1-2,5-7H2,(H,17,20)(H,16,18,19);2*1H. The first-order chi connectivity index (χ1) is 9.72. The summed E-state index contributed by atoms with van der Waals surface area (Å²) in [4.78, 5) is 27.7. The van der Waals surface area contributed by atoms with E-state index in [9.17, 15) is 9.59 Å². The third kappa shape index (κ3) is 4.83. The highest BCUT2D eigenvalue weighted by molar-refractivity contribution is 5.94. The lowest BCUT2D eigenvalue weighted by molar-refractivity contribution is -0.119. The zero-order chi connectivity index (χ0) is 13.9. The molecule has 122 valence electrons. The molecule has 1 aliphatic heterocycles. The summed E-state index contributed by atoms with van der Waals surface area (Å²) in [5.41, 5.74) is 0.659. The first-order valence-corrected chi connectivity index (χ1v) is 7.01. The average molecular weight is 347 g/mol. The highest BCUT2D eigenvalue weighted by Crippen LogP contribution is 2.29. The van der Waals surface area contributed by atoms with E-state index >= 15 is 0 Å². The number of pyridine rings is 1. The number of carbonyl (C=O) groups excluding carboxylic acids is 2. The fourth-order valence-electron chi connectivity index (χ4n) is 2.24. The zero-order valence-electron chi connectivity index (χ0n) is 12.0. The molecule has 0 spiro atoms. The monoisotopic (exact) mass is 346 g/mol. The largest absolute Gasteiger partial charge is 0.324 e. The molecule has 22 heavy (non-hydrogen) atoms. The summed E-state index contributed by atoms with van der Waals surface area (Å²) >= 11 is 0. The summed E-state index contributed by atoms with van der Waals surface area (Å²) in [6.45, 7) is 1.62. The van der Waals surface area contributed by atoms with E-state index in [0.717, 1.165) is 32.4 Å². The molecular formula is C14H20Cl2N4O2. The second kappa shape index (κ2) is 8.31. The highest BCUT2D eigenvalue weighted by Gasteiger charge is 2.29. The van der Waals surface area contributed by atoms with Gasteiger partial charge in [-0.25, -0.2) is 4.98 Å². The highest BCUT2D eigenvalue weighted by atomic mass is 35.5. The van der Waals surface area contributed by atoms with Crippen LogP contribution in [0.3, 0.4) is 0 Å². The predicted octanol–water partition coefficient (Wildman–Crippen LogP) is 1.82. The molecule has 1 aromatic heterocycles. The van der Waals surface area contributed by atoms with Crippen molar-refractivity contribution in [2.75, 3.05) is 23.7 Å². The number of hydrogen-bond acceptors (Lipinski definition) is 4. The molecule has 2 aliphatic rings. The smallest absolute Gasteiger partial charge is 0.228 e. The third-order valence-electron chi connectivity index (χ3n) is 3.66. The van der Waals surface area contributed by atoms with Crippen LogP contribution in [0.5, 0.6) is 0 Å². The average Bonchev–Trinajstić information content (AvgIpc) is 3.16. The van der Waals surface area contributed by atoms with E-state index in [1.807, 2.05) is 0 Å². The Morgan fingerprint density at radius 2 is 1.77 bits per heavy atom. The van der Waals surface area contributed by atoms with Crippen molar-refractivity contribution < 1.29 is 9.59 Å². The van der Waals surface area contributed by atoms with Crippen LogP contribution in [0.25, 0.3) is 0 Å². The van der Waals surface area contributed by atoms with Crippen molar-refractivity contribution in [1.29, 1.82) is 0 Å². The summed E-state index contributed by atoms with van der Waals surface area (Å²) in [7, 11) is 0. The normalized spacial score (nSPS) is 19.5. The number of nitrogens with zero attached hydrogens (tertiary/aromatic N) is 1. The summed E-state index contributed by atoms with van der Waals surface area (Å²) in [6, 6.07) is 3.47. The van der Waals surface area contributed by atoms with Gasteiger partial charge in [0.15, 0.2) is 0 Å². The van der Waals surface area contributed by atoms with Crippen LogP contribution in [0.4, 0.5) is 11.5 Å². The minimum atomic E-state index is 0. The maximum absolute atomic E-state index is 11.9. The molecule has 2 heterocycles. The van der Waals surface area contributed by atoms with Gasteiger partial charge in [-0.3, -0.25) is 9.59 Å². The van der Waals surface area contributed by atoms with Crippen molar-refractivity contribution in [3.8, 4) is 0 Å². The van der Waals surface area contributed by atoms with Crippen LogP contribution >= 0.6 is 24.8 Å². The van der Waals surface area contributed by atoms with Gasteiger partial charge in [0.25, 0.3) is 0 Å². The number of rotatable bonds is 4. The minimum absolute atomic E-state index is 0. The number of hydrogen-bond donors (Lipinski definition) is 3. The van der Waals surface area contributed by atoms with Crippen molar-refractivity contribution in [2.45, 2.75) is 19.3 Å². The Balaban J connectivity index is 0.00000121. The van der Waals surface area contributed by atoms with E-state index in [0.29, 0.717) is 11.5 Å². The molecule has 1 aliphatic carbocycles. The van der Waals surface area contributed by atoms with Crippen LogP contribution in [-0.2, 0) is 9.59 Å². The number of carbonyl (C=O) groups is 2. The first-order valence-electron chi connectivity index (χ1n) is 7.01. The van der Waals surface area contributed by atoms with Gasteiger partial charge in [0.1, 0.15) is 5.82 Å². The maximum Gasteiger partial charge on any atom is 0.228 e. The van der Waals surface area contributed by atoms with E-state index < -0.39 is 0 Å². The fourth-order valence-corrected chi connectivity index (χ4v) is 2.24. The molecule has 8 heteroatoms. The second-order valence-electron chi connectivity index (χ2n) is 5.37. The van der Waals surface area contributed by atoms with E-state index in [4.69, 9.17) is 0 Å². The molecule has 2 amide bonds. The lowest BCUT2D eigenvalue weighted by Gasteiger charge is -2.10. The molecule has 1 unspecified atom stereocenters. The van der Waals surface area contributed by atoms with Crippen molar-refractivity contribution in [3.63, 3.8) is 0 Å². The Morgan fingerprint density at radius 1 is 1.05 bits per heavy atom. The number of aromatic nitrogens is 1. The fraction of sp³-hybridized carbons (Fsp3) is 0.500. The van der Waals surface area contributed by atoms with Crippen LogP contribution in [0.2, 0.25) is 0 Å². The summed E-state index contributed by atoms with van der Waals surface area (Å²) < 4.78 is 0. The van der Waals surface area contributed by atoms with Crippen LogP contribution in [0, 0.1) is 11.8 Å². The molecule has 0 radical (unpaired) electrons. The van der Waals surface area contributed by atoms with Gasteiger partial charge in [-0.1, -0.05) is 0 Å². The quantitative estimate of drug-likeness (QED) is 0.776. The summed E-state index contributed by atoms with van der Waals surface area (Å²) in [5.74, 6) is 0.774. The molecule has 3 rings (SSSR count). The minimum Gasteiger partial charge on any atom is -0.324 e. The summed E-state index contributed by atoms with van der Waals surface area (Å²) in [6.07, 6.45) is 4.38. The predicted molar refractivity (Wildman–Crippen MR) is 89.7 cm³/mol. The molecule has 2 fully saturated rings. The van der Waals surface area contributed by atoms with Crippen LogP contribution in [0.15, 0.2) is 18.3 Å². The van der Waals surface area contributed by atoms with Gasteiger partial charge < -0.3 is 16.0 Å². The molecule has 0 aromatic carbocycles. The molecule has 1 saturated carbocycles. The van der Waals surface area contributed by atoms with Gasteiger partial charge in [0, 0.05) is 12.5 Å². The SMILES string of the molecule is Cl.Cl.O=C(Nc1ccc(NC(=O)C2CC2)nc1)C1CCNC1. The summed E-state index contributed by atoms with van der Waals surface area (Å²) in [5, 5.41) is 8.77. The lowest BCUT2D eigenvalue weighted by Crippen LogP contribution is -2.24. The Labute approximate surface area is 141 Å². The van der Waals surface area contributed by atoms with Gasteiger partial charge in [-0.15, -0.1) is 24.8 Å². The Hall–Kier alpha value is -1.37. The number of anilines is 2. The van der Waals surface area contributed by atoms with E-state index in [2.05, 4.69) is 20.9 Å². The van der Waals surface area contributed by atoms with E-state index in [1.54, 1.807) is 18.3 Å². The van der Waals surface area contributed by atoms with Crippen molar-refractivity contribution >= 4 is 48.1 Å². The van der Waals surface area contributed by atoms with Gasteiger partial charge >= 0.3 is 0 Å². The Bertz CT molecular complexity index is 514. The third-order valence-corrected chi connectivity index (χ3v) is 3.66. The molecule has 6 nitrogen and oxygen atoms in total. The molecule has 1 saturated heterocycles. The van der Waals surface area contributed by atoms with Crippen molar-refractivity contribution in [1.82, 2.24) is 10.3 Å². The van der Waals surface area contributed by atoms with E-state index in [-0.39, 0.29) is 48.5 Å². The van der Waals surface area contributed by atoms with Crippen LogP contribution in [-0.4, -0.2) is 29.9 Å². The van der Waals surface area contributed by atoms with Crippen LogP contribution in [0.1, 0.15) is 19.3 Å².